The summed E-state index contributed by atoms with van der Waals surface area (Å²) >= 11 is 0. The number of carbonyl (C=O) groups is 1. The second-order valence-corrected chi connectivity index (χ2v) is 7.46. The zero-order valence-corrected chi connectivity index (χ0v) is 18.6. The fraction of sp³-hybridized carbons (Fsp3) is 0.250. The summed E-state index contributed by atoms with van der Waals surface area (Å²) in [5.41, 5.74) is -1.29. The predicted octanol–water partition coefficient (Wildman–Crippen LogP) is 0.886. The summed E-state index contributed by atoms with van der Waals surface area (Å²) < 4.78 is 41.1. The molecule has 4 aromatic heterocycles. The van der Waals surface area contributed by atoms with E-state index in [4.69, 9.17) is 5.26 Å². The molecule has 0 saturated heterocycles. The summed E-state index contributed by atoms with van der Waals surface area (Å²) in [5, 5.41) is 11.5. The van der Waals surface area contributed by atoms with Gasteiger partial charge in [0, 0.05) is 25.0 Å². The summed E-state index contributed by atoms with van der Waals surface area (Å²) in [5.74, 6) is -1.97. The van der Waals surface area contributed by atoms with Gasteiger partial charge < -0.3 is 9.88 Å². The standard InChI is InChI=1S/C20H15F3N10O3/c1-10(33-9-28-15-14(33)17(35)32(4-3-24)19(36)31(15)2)16(34)30-13-8-25-7-12(29-13)11-5-26-18(27-6-11)20(21,22)23/h5-10H,4H2,1-2H3,(H,29,30,34). The number of nitrogens with one attached hydrogen (secondary N) is 1. The van der Waals surface area contributed by atoms with Crippen LogP contribution in [-0.2, 0) is 24.6 Å². The van der Waals surface area contributed by atoms with Crippen LogP contribution in [0.25, 0.3) is 22.4 Å². The van der Waals surface area contributed by atoms with Crippen molar-refractivity contribution in [1.82, 2.24) is 38.6 Å². The number of hydrogen-bond donors (Lipinski definition) is 1. The molecular formula is C20H15F3N10O3. The van der Waals surface area contributed by atoms with Gasteiger partial charge in [-0.3, -0.25) is 19.1 Å². The molecular weight excluding hydrogens is 485 g/mol. The highest BCUT2D eigenvalue weighted by atomic mass is 19.4. The second kappa shape index (κ2) is 9.02. The first-order valence-corrected chi connectivity index (χ1v) is 10.1. The van der Waals surface area contributed by atoms with E-state index in [1.165, 1.54) is 37.3 Å². The molecule has 0 fully saturated rings. The quantitative estimate of drug-likeness (QED) is 0.418. The van der Waals surface area contributed by atoms with Crippen LogP contribution >= 0.6 is 0 Å². The van der Waals surface area contributed by atoms with Crippen LogP contribution in [0, 0.1) is 11.3 Å². The molecule has 1 unspecified atom stereocenters. The van der Waals surface area contributed by atoms with Crippen molar-refractivity contribution in [3.8, 4) is 17.3 Å². The highest BCUT2D eigenvalue weighted by Gasteiger charge is 2.34. The summed E-state index contributed by atoms with van der Waals surface area (Å²) in [4.78, 5) is 56.8. The molecule has 1 atom stereocenters. The topological polar surface area (TPSA) is 166 Å². The maximum absolute atomic E-state index is 12.9. The Labute approximate surface area is 198 Å². The highest BCUT2D eigenvalue weighted by molar-refractivity contribution is 5.93. The monoisotopic (exact) mass is 500 g/mol. The molecule has 0 aliphatic heterocycles. The normalized spacial score (nSPS) is 12.3. The van der Waals surface area contributed by atoms with Gasteiger partial charge in [-0.1, -0.05) is 0 Å². The van der Waals surface area contributed by atoms with Crippen molar-refractivity contribution in [2.75, 3.05) is 5.32 Å². The number of carbonyl (C=O) groups excluding carboxylic acids is 1. The second-order valence-electron chi connectivity index (χ2n) is 7.46. The van der Waals surface area contributed by atoms with Gasteiger partial charge in [-0.25, -0.2) is 29.3 Å². The third-order valence-electron chi connectivity index (χ3n) is 5.17. The fourth-order valence-corrected chi connectivity index (χ4v) is 3.32. The van der Waals surface area contributed by atoms with Crippen LogP contribution < -0.4 is 16.6 Å². The molecule has 16 heteroatoms. The van der Waals surface area contributed by atoms with Gasteiger partial charge in [0.2, 0.25) is 11.7 Å². The number of fused-ring (bicyclic) bond motifs is 1. The lowest BCUT2D eigenvalue weighted by molar-refractivity contribution is -0.145. The zero-order valence-electron chi connectivity index (χ0n) is 18.6. The molecule has 0 aliphatic rings. The van der Waals surface area contributed by atoms with E-state index in [0.29, 0.717) is 0 Å². The SMILES string of the molecule is CC(C(=O)Nc1cncc(-c2cnc(C(F)(F)F)nc2)n1)n1cnc2c1c(=O)n(CC#N)c(=O)n2C. The first-order valence-electron chi connectivity index (χ1n) is 10.1. The number of amides is 1. The molecule has 0 aromatic carbocycles. The van der Waals surface area contributed by atoms with E-state index in [2.05, 4.69) is 30.2 Å². The van der Waals surface area contributed by atoms with Crippen molar-refractivity contribution < 1.29 is 18.0 Å². The summed E-state index contributed by atoms with van der Waals surface area (Å²) in [6.07, 6.45) is 0.859. The minimum absolute atomic E-state index is 0.0250. The Hall–Kier alpha value is -4.94. The van der Waals surface area contributed by atoms with Crippen LogP contribution in [0.4, 0.5) is 19.0 Å². The van der Waals surface area contributed by atoms with Crippen LogP contribution in [-0.4, -0.2) is 44.5 Å². The Morgan fingerprint density at radius 1 is 1.17 bits per heavy atom. The lowest BCUT2D eigenvalue weighted by Gasteiger charge is -2.15. The van der Waals surface area contributed by atoms with Gasteiger partial charge in [-0.05, 0) is 6.92 Å². The van der Waals surface area contributed by atoms with Gasteiger partial charge in [0.05, 0.1) is 30.5 Å². The molecule has 0 spiro atoms. The molecule has 0 radical (unpaired) electrons. The third kappa shape index (κ3) is 4.29. The lowest BCUT2D eigenvalue weighted by atomic mass is 10.2. The number of imidazole rings is 1. The number of nitrogens with zero attached hydrogens (tertiary/aromatic N) is 9. The van der Waals surface area contributed by atoms with E-state index in [1.807, 2.05) is 0 Å². The molecule has 4 aromatic rings. The van der Waals surface area contributed by atoms with Gasteiger partial charge in [0.15, 0.2) is 17.0 Å². The van der Waals surface area contributed by atoms with Gasteiger partial charge in [-0.2, -0.15) is 18.4 Å². The smallest absolute Gasteiger partial charge is 0.312 e. The van der Waals surface area contributed by atoms with E-state index in [9.17, 15) is 27.6 Å². The Kier molecular flexibility index (Phi) is 6.06. The Balaban J connectivity index is 1.62. The molecule has 4 rings (SSSR count). The van der Waals surface area contributed by atoms with E-state index in [0.717, 1.165) is 21.5 Å². The minimum Gasteiger partial charge on any atom is -0.312 e. The van der Waals surface area contributed by atoms with Crippen LogP contribution in [0.3, 0.4) is 0 Å². The van der Waals surface area contributed by atoms with E-state index in [-0.39, 0.29) is 28.2 Å². The Morgan fingerprint density at radius 2 is 1.86 bits per heavy atom. The van der Waals surface area contributed by atoms with E-state index >= 15 is 0 Å². The molecule has 36 heavy (non-hydrogen) atoms. The van der Waals surface area contributed by atoms with Crippen molar-refractivity contribution in [2.24, 2.45) is 7.05 Å². The van der Waals surface area contributed by atoms with Crippen molar-refractivity contribution in [3.05, 3.63) is 57.8 Å². The first kappa shape index (κ1) is 24.2. The van der Waals surface area contributed by atoms with Gasteiger partial charge in [0.25, 0.3) is 5.56 Å². The maximum atomic E-state index is 12.9. The molecule has 184 valence electrons. The molecule has 0 saturated carbocycles. The van der Waals surface area contributed by atoms with Gasteiger partial charge in [0.1, 0.15) is 12.6 Å². The number of alkyl halides is 3. The molecule has 1 N–H and O–H groups in total. The van der Waals surface area contributed by atoms with Gasteiger partial charge in [-0.15, -0.1) is 0 Å². The molecule has 4 heterocycles. The molecule has 0 aliphatic carbocycles. The third-order valence-corrected chi connectivity index (χ3v) is 5.17. The summed E-state index contributed by atoms with van der Waals surface area (Å²) in [6.45, 7) is 0.986. The maximum Gasteiger partial charge on any atom is 0.451 e. The number of rotatable bonds is 5. The van der Waals surface area contributed by atoms with Crippen molar-refractivity contribution >= 4 is 22.9 Å². The number of aryl methyl sites for hydroxylation is 1. The largest absolute Gasteiger partial charge is 0.451 e. The molecule has 0 bridgehead atoms. The zero-order chi connectivity index (χ0) is 26.2. The van der Waals surface area contributed by atoms with Crippen LogP contribution in [0.1, 0.15) is 18.8 Å². The average molecular weight is 500 g/mol. The van der Waals surface area contributed by atoms with Crippen LogP contribution in [0.2, 0.25) is 0 Å². The Bertz CT molecular complexity index is 1630. The predicted molar refractivity (Wildman–Crippen MR) is 116 cm³/mol. The number of nitriles is 1. The van der Waals surface area contributed by atoms with Crippen molar-refractivity contribution in [3.63, 3.8) is 0 Å². The highest BCUT2D eigenvalue weighted by Crippen LogP contribution is 2.26. The fourth-order valence-electron chi connectivity index (χ4n) is 3.32. The summed E-state index contributed by atoms with van der Waals surface area (Å²) in [6, 6.07) is 0.726. The lowest BCUT2D eigenvalue weighted by Crippen LogP contribution is -2.40. The van der Waals surface area contributed by atoms with Crippen LogP contribution in [0.5, 0.6) is 0 Å². The first-order chi connectivity index (χ1) is 17.0. The van der Waals surface area contributed by atoms with Gasteiger partial charge >= 0.3 is 11.9 Å². The Morgan fingerprint density at radius 3 is 2.50 bits per heavy atom. The van der Waals surface area contributed by atoms with E-state index < -0.39 is 41.7 Å². The number of anilines is 1. The van der Waals surface area contributed by atoms with Crippen LogP contribution in [0.15, 0.2) is 40.7 Å². The number of halogens is 3. The van der Waals surface area contributed by atoms with Crippen molar-refractivity contribution in [2.45, 2.75) is 25.7 Å². The summed E-state index contributed by atoms with van der Waals surface area (Å²) in [7, 11) is 1.38. The molecule has 13 nitrogen and oxygen atoms in total. The number of aromatic nitrogens is 8. The minimum atomic E-state index is -4.70. The molecule has 1 amide bonds. The number of hydrogen-bond acceptors (Lipinski definition) is 9. The van der Waals surface area contributed by atoms with E-state index in [1.54, 1.807) is 6.07 Å². The van der Waals surface area contributed by atoms with Crippen molar-refractivity contribution in [1.29, 1.82) is 5.26 Å². The average Bonchev–Trinajstić information content (AvgIpc) is 3.30.